The van der Waals surface area contributed by atoms with E-state index >= 15 is 0 Å². The molecule has 1 aromatic carbocycles. The van der Waals surface area contributed by atoms with Gasteiger partial charge in [-0.3, -0.25) is 4.79 Å². The third-order valence-electron chi connectivity index (χ3n) is 3.87. The SMILES string of the molecule is CNc1ccc2occ(C(CCC(C)=O)C(C)=O)c2c1C=N. The van der Waals surface area contributed by atoms with Crippen LogP contribution in [0.1, 0.15) is 43.7 Å². The maximum absolute atomic E-state index is 12.0. The third-order valence-corrected chi connectivity index (χ3v) is 3.87. The molecule has 2 aromatic rings. The normalized spacial score (nSPS) is 12.1. The lowest BCUT2D eigenvalue weighted by atomic mass is 9.88. The Balaban J connectivity index is 2.59. The number of carbonyl (C=O) groups is 2. The summed E-state index contributed by atoms with van der Waals surface area (Å²) < 4.78 is 5.56. The molecule has 2 N–H and O–H groups in total. The van der Waals surface area contributed by atoms with Crippen molar-refractivity contribution in [3.05, 3.63) is 29.5 Å². The van der Waals surface area contributed by atoms with Crippen LogP contribution in [0.3, 0.4) is 0 Å². The minimum absolute atomic E-state index is 0.00487. The number of nitrogens with one attached hydrogen (secondary N) is 2. The molecule has 1 atom stereocenters. The predicted octanol–water partition coefficient (Wildman–Crippen LogP) is 3.51. The average molecular weight is 300 g/mol. The first-order valence-electron chi connectivity index (χ1n) is 7.21. The van der Waals surface area contributed by atoms with Gasteiger partial charge in [-0.15, -0.1) is 0 Å². The van der Waals surface area contributed by atoms with Gasteiger partial charge in [-0.05, 0) is 32.4 Å². The minimum atomic E-state index is -0.393. The second kappa shape index (κ2) is 6.56. The quantitative estimate of drug-likeness (QED) is 0.766. The molecular formula is C17H20N2O3. The summed E-state index contributed by atoms with van der Waals surface area (Å²) in [5, 5.41) is 11.5. The Labute approximate surface area is 129 Å². The highest BCUT2D eigenvalue weighted by molar-refractivity contribution is 6.06. The van der Waals surface area contributed by atoms with E-state index in [0.717, 1.165) is 16.6 Å². The molecule has 0 aliphatic carbocycles. The van der Waals surface area contributed by atoms with Gasteiger partial charge in [-0.25, -0.2) is 0 Å². The Morgan fingerprint density at radius 3 is 2.64 bits per heavy atom. The maximum Gasteiger partial charge on any atom is 0.137 e. The van der Waals surface area contributed by atoms with E-state index in [4.69, 9.17) is 9.83 Å². The Morgan fingerprint density at radius 1 is 1.36 bits per heavy atom. The zero-order valence-corrected chi connectivity index (χ0v) is 13.0. The van der Waals surface area contributed by atoms with Gasteiger partial charge >= 0.3 is 0 Å². The van der Waals surface area contributed by atoms with Crippen molar-refractivity contribution in [3.8, 4) is 0 Å². The average Bonchev–Trinajstić information content (AvgIpc) is 2.89. The van der Waals surface area contributed by atoms with E-state index in [1.807, 2.05) is 12.1 Å². The smallest absolute Gasteiger partial charge is 0.137 e. The van der Waals surface area contributed by atoms with Gasteiger partial charge in [0.25, 0.3) is 0 Å². The molecule has 0 aliphatic heterocycles. The summed E-state index contributed by atoms with van der Waals surface area (Å²) in [4.78, 5) is 23.3. The van der Waals surface area contributed by atoms with Gasteiger partial charge in [0, 0.05) is 47.8 Å². The van der Waals surface area contributed by atoms with Crippen LogP contribution in [0.5, 0.6) is 0 Å². The fourth-order valence-electron chi connectivity index (χ4n) is 2.73. The zero-order valence-electron chi connectivity index (χ0n) is 13.0. The maximum atomic E-state index is 12.0. The van der Waals surface area contributed by atoms with E-state index in [9.17, 15) is 9.59 Å². The van der Waals surface area contributed by atoms with Crippen LogP contribution in [0.4, 0.5) is 5.69 Å². The van der Waals surface area contributed by atoms with E-state index in [-0.39, 0.29) is 11.6 Å². The second-order valence-corrected chi connectivity index (χ2v) is 5.39. The standard InChI is InChI=1S/C17H20N2O3/c1-10(20)4-5-12(11(2)21)14-9-22-16-7-6-15(19-3)13(8-18)17(14)16/h6-9,12,18-19H,4-5H2,1-3H3. The number of rotatable bonds is 7. The molecule has 5 nitrogen and oxygen atoms in total. The van der Waals surface area contributed by atoms with E-state index in [1.165, 1.54) is 20.1 Å². The van der Waals surface area contributed by atoms with E-state index in [2.05, 4.69) is 5.32 Å². The number of hydrogen-bond donors (Lipinski definition) is 2. The Bertz CT molecular complexity index is 731. The molecule has 0 amide bonds. The number of hydrogen-bond acceptors (Lipinski definition) is 5. The summed E-state index contributed by atoms with van der Waals surface area (Å²) in [7, 11) is 1.78. The number of anilines is 1. The predicted molar refractivity (Wildman–Crippen MR) is 87.0 cm³/mol. The summed E-state index contributed by atoms with van der Waals surface area (Å²) in [6.45, 7) is 3.04. The zero-order chi connectivity index (χ0) is 16.3. The largest absolute Gasteiger partial charge is 0.464 e. The van der Waals surface area contributed by atoms with Gasteiger partial charge in [-0.1, -0.05) is 0 Å². The van der Waals surface area contributed by atoms with Gasteiger partial charge < -0.3 is 19.9 Å². The fraction of sp³-hybridized carbons (Fsp3) is 0.353. The van der Waals surface area contributed by atoms with Crippen molar-refractivity contribution < 1.29 is 14.0 Å². The Kier molecular flexibility index (Phi) is 4.75. The molecule has 1 aromatic heterocycles. The lowest BCUT2D eigenvalue weighted by molar-refractivity contribution is -0.119. The molecule has 0 aliphatic rings. The van der Waals surface area contributed by atoms with Crippen molar-refractivity contribution in [3.63, 3.8) is 0 Å². The summed E-state index contributed by atoms with van der Waals surface area (Å²) in [5.74, 6) is -0.340. The molecule has 0 fully saturated rings. The molecule has 1 unspecified atom stereocenters. The van der Waals surface area contributed by atoms with Crippen molar-refractivity contribution in [1.29, 1.82) is 5.41 Å². The summed E-state index contributed by atoms with van der Waals surface area (Å²) >= 11 is 0. The fourth-order valence-corrected chi connectivity index (χ4v) is 2.73. The van der Waals surface area contributed by atoms with Gasteiger partial charge in [0.2, 0.25) is 0 Å². The van der Waals surface area contributed by atoms with Crippen molar-refractivity contribution in [1.82, 2.24) is 0 Å². The number of benzene rings is 1. The van der Waals surface area contributed by atoms with Crippen LogP contribution in [0, 0.1) is 5.41 Å². The number of fused-ring (bicyclic) bond motifs is 1. The molecule has 0 saturated carbocycles. The molecule has 0 spiro atoms. The highest BCUT2D eigenvalue weighted by Crippen LogP contribution is 2.35. The Morgan fingerprint density at radius 2 is 2.09 bits per heavy atom. The summed E-state index contributed by atoms with van der Waals surface area (Å²) in [6, 6.07) is 3.66. The van der Waals surface area contributed by atoms with Gasteiger partial charge in [0.05, 0.1) is 6.26 Å². The van der Waals surface area contributed by atoms with Crippen LogP contribution in [0.25, 0.3) is 11.0 Å². The molecule has 2 rings (SSSR count). The van der Waals surface area contributed by atoms with E-state index < -0.39 is 5.92 Å². The first-order chi connectivity index (χ1) is 10.5. The van der Waals surface area contributed by atoms with Crippen LogP contribution in [0.2, 0.25) is 0 Å². The first kappa shape index (κ1) is 15.9. The molecule has 1 heterocycles. The van der Waals surface area contributed by atoms with E-state index in [1.54, 1.807) is 13.3 Å². The summed E-state index contributed by atoms with van der Waals surface area (Å²) in [6.07, 6.45) is 3.64. The van der Waals surface area contributed by atoms with Crippen molar-refractivity contribution >= 4 is 34.4 Å². The first-order valence-corrected chi connectivity index (χ1v) is 7.21. The van der Waals surface area contributed by atoms with Crippen LogP contribution < -0.4 is 5.32 Å². The van der Waals surface area contributed by atoms with E-state index in [0.29, 0.717) is 24.0 Å². The van der Waals surface area contributed by atoms with Gasteiger partial charge in [0.1, 0.15) is 17.1 Å². The molecule has 0 bridgehead atoms. The summed E-state index contributed by atoms with van der Waals surface area (Å²) in [5.41, 5.74) is 2.89. The van der Waals surface area contributed by atoms with Crippen molar-refractivity contribution in [2.45, 2.75) is 32.6 Å². The molecule has 0 saturated heterocycles. The van der Waals surface area contributed by atoms with Crippen LogP contribution in [-0.4, -0.2) is 24.8 Å². The molecule has 116 valence electrons. The second-order valence-electron chi connectivity index (χ2n) is 5.39. The molecule has 22 heavy (non-hydrogen) atoms. The third kappa shape index (κ3) is 2.93. The molecule has 0 radical (unpaired) electrons. The highest BCUT2D eigenvalue weighted by atomic mass is 16.3. The van der Waals surface area contributed by atoms with Crippen LogP contribution in [-0.2, 0) is 9.59 Å². The highest BCUT2D eigenvalue weighted by Gasteiger charge is 2.24. The van der Waals surface area contributed by atoms with Crippen molar-refractivity contribution in [2.75, 3.05) is 12.4 Å². The lowest BCUT2D eigenvalue weighted by Crippen LogP contribution is -2.10. The number of carbonyl (C=O) groups excluding carboxylic acids is 2. The number of furan rings is 1. The number of ketones is 2. The lowest BCUT2D eigenvalue weighted by Gasteiger charge is -2.13. The van der Waals surface area contributed by atoms with Crippen molar-refractivity contribution in [2.24, 2.45) is 0 Å². The van der Waals surface area contributed by atoms with Gasteiger partial charge in [0.15, 0.2) is 0 Å². The molecular weight excluding hydrogens is 280 g/mol. The van der Waals surface area contributed by atoms with Crippen LogP contribution in [0.15, 0.2) is 22.8 Å². The minimum Gasteiger partial charge on any atom is -0.464 e. The monoisotopic (exact) mass is 300 g/mol. The van der Waals surface area contributed by atoms with Gasteiger partial charge in [-0.2, -0.15) is 0 Å². The van der Waals surface area contributed by atoms with Crippen LogP contribution >= 0.6 is 0 Å². The number of Topliss-reactive ketones (excluding diaryl/α,β-unsaturated/α-hetero) is 2. The molecule has 5 heteroatoms. The topological polar surface area (TPSA) is 83.2 Å². The Hall–Kier alpha value is -2.43.